The summed E-state index contributed by atoms with van der Waals surface area (Å²) in [5.41, 5.74) is 3.10. The first-order chi connectivity index (χ1) is 13.6. The molecule has 0 fully saturated rings. The van der Waals surface area contributed by atoms with Crippen LogP contribution in [0.15, 0.2) is 59.3 Å². The lowest BCUT2D eigenvalue weighted by atomic mass is 10.2. The van der Waals surface area contributed by atoms with Crippen molar-refractivity contribution < 1.29 is 9.18 Å². The Morgan fingerprint density at radius 3 is 2.64 bits per heavy atom. The van der Waals surface area contributed by atoms with Gasteiger partial charge in [0.25, 0.3) is 0 Å². The van der Waals surface area contributed by atoms with Gasteiger partial charge in [0, 0.05) is 26.9 Å². The van der Waals surface area contributed by atoms with E-state index in [2.05, 4.69) is 15.3 Å². The fourth-order valence-electron chi connectivity index (χ4n) is 2.55. The predicted molar refractivity (Wildman–Crippen MR) is 112 cm³/mol. The van der Waals surface area contributed by atoms with E-state index in [9.17, 15) is 9.18 Å². The highest BCUT2D eigenvalue weighted by atomic mass is 35.5. The first-order valence-electron chi connectivity index (χ1n) is 8.28. The number of hydrogen-bond acceptors (Lipinski definition) is 5. The summed E-state index contributed by atoms with van der Waals surface area (Å²) in [6, 6.07) is 13.5. The van der Waals surface area contributed by atoms with Gasteiger partial charge in [-0.15, -0.1) is 22.7 Å². The molecular weight excluding hydrogens is 417 g/mol. The molecule has 0 unspecified atom stereocenters. The van der Waals surface area contributed by atoms with Gasteiger partial charge in [0.05, 0.1) is 17.8 Å². The van der Waals surface area contributed by atoms with Crippen molar-refractivity contribution >= 4 is 45.3 Å². The summed E-state index contributed by atoms with van der Waals surface area (Å²) < 4.78 is 13.0. The van der Waals surface area contributed by atoms with Gasteiger partial charge in [-0.25, -0.2) is 14.4 Å². The number of anilines is 1. The second-order valence-electron chi connectivity index (χ2n) is 5.92. The third kappa shape index (κ3) is 4.44. The minimum absolute atomic E-state index is 0.155. The largest absolute Gasteiger partial charge is 0.302 e. The quantitative estimate of drug-likeness (QED) is 0.429. The first kappa shape index (κ1) is 18.7. The van der Waals surface area contributed by atoms with Crippen molar-refractivity contribution in [3.63, 3.8) is 0 Å². The molecule has 1 N–H and O–H groups in total. The molecule has 8 heteroatoms. The van der Waals surface area contributed by atoms with Crippen LogP contribution >= 0.6 is 34.3 Å². The summed E-state index contributed by atoms with van der Waals surface area (Å²) >= 11 is 8.81. The number of halogens is 2. The molecule has 2 aromatic carbocycles. The minimum Gasteiger partial charge on any atom is -0.302 e. The van der Waals surface area contributed by atoms with Gasteiger partial charge in [0.2, 0.25) is 5.91 Å². The standard InChI is InChI=1S/C20H13ClFN3OS2/c21-14-3-1-2-13(8-14)19-23-16(10-27-19)9-18(26)25-20-24-17(11-28-20)12-4-6-15(22)7-5-12/h1-8,10-11H,9H2,(H,24,25,26). The number of amides is 1. The summed E-state index contributed by atoms with van der Waals surface area (Å²) in [5.74, 6) is -0.490. The van der Waals surface area contributed by atoms with Crippen LogP contribution in [0.3, 0.4) is 0 Å². The van der Waals surface area contributed by atoms with E-state index in [0.29, 0.717) is 21.5 Å². The lowest BCUT2D eigenvalue weighted by Gasteiger charge is -2.00. The van der Waals surface area contributed by atoms with Crippen LogP contribution in [0.5, 0.6) is 0 Å². The monoisotopic (exact) mass is 429 g/mol. The van der Waals surface area contributed by atoms with Gasteiger partial charge in [-0.2, -0.15) is 0 Å². The molecule has 4 aromatic rings. The van der Waals surface area contributed by atoms with Crippen molar-refractivity contribution in [3.8, 4) is 21.8 Å². The lowest BCUT2D eigenvalue weighted by Crippen LogP contribution is -2.14. The second kappa shape index (κ2) is 8.18. The van der Waals surface area contributed by atoms with Gasteiger partial charge in [-0.1, -0.05) is 23.7 Å². The number of carbonyl (C=O) groups excluding carboxylic acids is 1. The van der Waals surface area contributed by atoms with E-state index in [1.54, 1.807) is 18.2 Å². The SMILES string of the molecule is O=C(Cc1csc(-c2cccc(Cl)c2)n1)Nc1nc(-c2ccc(F)cc2)cs1. The highest BCUT2D eigenvalue weighted by molar-refractivity contribution is 7.14. The number of aromatic nitrogens is 2. The van der Waals surface area contributed by atoms with Crippen LogP contribution in [0.25, 0.3) is 21.8 Å². The molecule has 2 aromatic heterocycles. The Balaban J connectivity index is 1.40. The van der Waals surface area contributed by atoms with Crippen LogP contribution in [-0.2, 0) is 11.2 Å². The van der Waals surface area contributed by atoms with Gasteiger partial charge in [-0.05, 0) is 36.4 Å². The van der Waals surface area contributed by atoms with Crippen molar-refractivity contribution in [1.29, 1.82) is 0 Å². The third-order valence-electron chi connectivity index (χ3n) is 3.86. The topological polar surface area (TPSA) is 54.9 Å². The van der Waals surface area contributed by atoms with Crippen molar-refractivity contribution in [2.75, 3.05) is 5.32 Å². The highest BCUT2D eigenvalue weighted by Crippen LogP contribution is 2.27. The number of nitrogens with one attached hydrogen (secondary N) is 1. The van der Waals surface area contributed by atoms with Gasteiger partial charge in [0.1, 0.15) is 10.8 Å². The number of thiazole rings is 2. The zero-order valence-corrected chi connectivity index (χ0v) is 16.7. The van der Waals surface area contributed by atoms with Crippen LogP contribution in [-0.4, -0.2) is 15.9 Å². The molecule has 2 heterocycles. The molecule has 4 rings (SSSR count). The lowest BCUT2D eigenvalue weighted by molar-refractivity contribution is -0.115. The molecule has 28 heavy (non-hydrogen) atoms. The van der Waals surface area contributed by atoms with E-state index in [-0.39, 0.29) is 18.1 Å². The van der Waals surface area contributed by atoms with Crippen molar-refractivity contribution in [2.45, 2.75) is 6.42 Å². The fourth-order valence-corrected chi connectivity index (χ4v) is 4.30. The number of benzene rings is 2. The summed E-state index contributed by atoms with van der Waals surface area (Å²) in [5, 5.41) is 8.43. The first-order valence-corrected chi connectivity index (χ1v) is 10.4. The Morgan fingerprint density at radius 2 is 1.86 bits per heavy atom. The molecule has 0 spiro atoms. The van der Waals surface area contributed by atoms with Gasteiger partial charge >= 0.3 is 0 Å². The number of hydrogen-bond donors (Lipinski definition) is 1. The third-order valence-corrected chi connectivity index (χ3v) is 5.79. The van der Waals surface area contributed by atoms with E-state index >= 15 is 0 Å². The molecule has 0 radical (unpaired) electrons. The van der Waals surface area contributed by atoms with Crippen LogP contribution in [0.4, 0.5) is 9.52 Å². The molecule has 0 aliphatic carbocycles. The predicted octanol–water partition coefficient (Wildman–Crippen LogP) is 5.91. The summed E-state index contributed by atoms with van der Waals surface area (Å²) in [7, 11) is 0. The maximum atomic E-state index is 13.0. The molecule has 0 aliphatic rings. The molecule has 0 bridgehead atoms. The molecule has 140 valence electrons. The zero-order valence-electron chi connectivity index (χ0n) is 14.4. The Morgan fingerprint density at radius 1 is 1.04 bits per heavy atom. The minimum atomic E-state index is -0.298. The number of carbonyl (C=O) groups is 1. The summed E-state index contributed by atoms with van der Waals surface area (Å²) in [4.78, 5) is 21.2. The molecule has 0 saturated carbocycles. The summed E-state index contributed by atoms with van der Waals surface area (Å²) in [6.45, 7) is 0. The van der Waals surface area contributed by atoms with Crippen LogP contribution in [0, 0.1) is 5.82 Å². The molecule has 0 saturated heterocycles. The zero-order chi connectivity index (χ0) is 19.5. The van der Waals surface area contributed by atoms with Gasteiger partial charge in [-0.3, -0.25) is 4.79 Å². The molecule has 1 amide bonds. The van der Waals surface area contributed by atoms with Crippen molar-refractivity contribution in [3.05, 3.63) is 75.8 Å². The van der Waals surface area contributed by atoms with E-state index in [1.165, 1.54) is 34.8 Å². The smallest absolute Gasteiger partial charge is 0.232 e. The van der Waals surface area contributed by atoms with Gasteiger partial charge in [0.15, 0.2) is 5.13 Å². The van der Waals surface area contributed by atoms with Crippen LogP contribution in [0.2, 0.25) is 5.02 Å². The van der Waals surface area contributed by atoms with E-state index in [0.717, 1.165) is 16.1 Å². The average Bonchev–Trinajstić information content (AvgIpc) is 3.32. The van der Waals surface area contributed by atoms with Crippen molar-refractivity contribution in [2.24, 2.45) is 0 Å². The van der Waals surface area contributed by atoms with E-state index in [4.69, 9.17) is 11.6 Å². The van der Waals surface area contributed by atoms with Gasteiger partial charge < -0.3 is 5.32 Å². The fraction of sp³-hybridized carbons (Fsp3) is 0.0500. The second-order valence-corrected chi connectivity index (χ2v) is 8.08. The Kier molecular flexibility index (Phi) is 5.47. The molecule has 0 aliphatic heterocycles. The maximum absolute atomic E-state index is 13.0. The molecular formula is C20H13ClFN3OS2. The Labute approximate surface area is 173 Å². The van der Waals surface area contributed by atoms with E-state index in [1.807, 2.05) is 29.0 Å². The maximum Gasteiger partial charge on any atom is 0.232 e. The van der Waals surface area contributed by atoms with Crippen LogP contribution in [0.1, 0.15) is 5.69 Å². The number of nitrogens with zero attached hydrogens (tertiary/aromatic N) is 2. The Hall–Kier alpha value is -2.61. The number of rotatable bonds is 5. The summed E-state index contributed by atoms with van der Waals surface area (Å²) in [6.07, 6.45) is 0.155. The Bertz CT molecular complexity index is 1120. The normalized spacial score (nSPS) is 10.8. The molecule has 4 nitrogen and oxygen atoms in total. The van der Waals surface area contributed by atoms with Crippen molar-refractivity contribution in [1.82, 2.24) is 9.97 Å². The molecule has 0 atom stereocenters. The highest BCUT2D eigenvalue weighted by Gasteiger charge is 2.12. The van der Waals surface area contributed by atoms with E-state index < -0.39 is 0 Å². The average molecular weight is 430 g/mol. The van der Waals surface area contributed by atoms with Crippen LogP contribution < -0.4 is 5.32 Å².